The van der Waals surface area contributed by atoms with E-state index in [9.17, 15) is 9.18 Å². The van der Waals surface area contributed by atoms with Crippen molar-refractivity contribution in [2.75, 3.05) is 29.9 Å². The molecule has 2 saturated heterocycles. The van der Waals surface area contributed by atoms with E-state index in [1.54, 1.807) is 6.07 Å². The van der Waals surface area contributed by atoms with Crippen LogP contribution in [0.2, 0.25) is 0 Å². The lowest BCUT2D eigenvalue weighted by molar-refractivity contribution is 0.102. The maximum atomic E-state index is 13.5. The van der Waals surface area contributed by atoms with Crippen LogP contribution in [-0.2, 0) is 0 Å². The molecule has 2 unspecified atom stereocenters. The molecule has 0 aliphatic carbocycles. The summed E-state index contributed by atoms with van der Waals surface area (Å²) in [4.78, 5) is 17.7. The number of hydrogen-bond donors (Lipinski definition) is 1. The fraction of sp³-hybridized carbons (Fsp3) is 0.458. The van der Waals surface area contributed by atoms with E-state index < -0.39 is 5.82 Å². The number of carbonyl (C=O) groups is 1. The van der Waals surface area contributed by atoms with Gasteiger partial charge in [-0.1, -0.05) is 6.07 Å². The fourth-order valence-corrected chi connectivity index (χ4v) is 4.85. The van der Waals surface area contributed by atoms with Gasteiger partial charge in [-0.3, -0.25) is 9.69 Å². The predicted octanol–water partition coefficient (Wildman–Crippen LogP) is 4.76. The standard InChI is InChI=1S/C24H30FN3O/c1-16-6-7-19(25)14-22(16)24(29)26-20-8-9-23(17(2)13-20)27-12-10-21(15-27)28-11-4-5-18(28)3/h6-9,13-14,18,21H,4-5,10-12,15H2,1-3H3,(H,26,29). The summed E-state index contributed by atoms with van der Waals surface area (Å²) in [5.74, 6) is -0.679. The van der Waals surface area contributed by atoms with Gasteiger partial charge in [0.05, 0.1) is 0 Å². The summed E-state index contributed by atoms with van der Waals surface area (Å²) >= 11 is 0. The quantitative estimate of drug-likeness (QED) is 0.811. The first kappa shape index (κ1) is 19.9. The zero-order valence-electron chi connectivity index (χ0n) is 17.5. The highest BCUT2D eigenvalue weighted by Gasteiger charge is 2.33. The molecular formula is C24H30FN3O. The molecule has 2 atom stereocenters. The third-order valence-corrected chi connectivity index (χ3v) is 6.48. The molecule has 29 heavy (non-hydrogen) atoms. The van der Waals surface area contributed by atoms with Crippen molar-refractivity contribution in [3.8, 4) is 0 Å². The molecule has 1 N–H and O–H groups in total. The predicted molar refractivity (Wildman–Crippen MR) is 116 cm³/mol. The minimum Gasteiger partial charge on any atom is -0.370 e. The van der Waals surface area contributed by atoms with Crippen LogP contribution < -0.4 is 10.2 Å². The average molecular weight is 396 g/mol. The molecule has 4 rings (SSSR count). The molecule has 0 bridgehead atoms. The Morgan fingerprint density at radius 3 is 2.62 bits per heavy atom. The van der Waals surface area contributed by atoms with E-state index >= 15 is 0 Å². The molecule has 2 aliphatic rings. The maximum Gasteiger partial charge on any atom is 0.256 e. The van der Waals surface area contributed by atoms with Gasteiger partial charge in [-0.05, 0) is 88.0 Å². The highest BCUT2D eigenvalue weighted by Crippen LogP contribution is 2.31. The molecule has 0 aromatic heterocycles. The Morgan fingerprint density at radius 2 is 1.90 bits per heavy atom. The van der Waals surface area contributed by atoms with E-state index in [1.165, 1.54) is 43.6 Å². The number of benzene rings is 2. The summed E-state index contributed by atoms with van der Waals surface area (Å²) in [6, 6.07) is 11.7. The number of likely N-dealkylation sites (tertiary alicyclic amines) is 1. The van der Waals surface area contributed by atoms with Crippen molar-refractivity contribution >= 4 is 17.3 Å². The molecular weight excluding hydrogens is 365 g/mol. The fourth-order valence-electron chi connectivity index (χ4n) is 4.85. The van der Waals surface area contributed by atoms with E-state index in [4.69, 9.17) is 0 Å². The van der Waals surface area contributed by atoms with Crippen LogP contribution in [0.5, 0.6) is 0 Å². The van der Waals surface area contributed by atoms with Crippen molar-refractivity contribution in [3.05, 3.63) is 58.9 Å². The number of anilines is 2. The molecule has 154 valence electrons. The number of amides is 1. The first-order valence-corrected chi connectivity index (χ1v) is 10.6. The highest BCUT2D eigenvalue weighted by molar-refractivity contribution is 6.05. The van der Waals surface area contributed by atoms with E-state index in [0.29, 0.717) is 17.6 Å². The molecule has 2 heterocycles. The molecule has 2 aromatic carbocycles. The van der Waals surface area contributed by atoms with Crippen LogP contribution in [0.15, 0.2) is 36.4 Å². The van der Waals surface area contributed by atoms with Crippen molar-refractivity contribution in [2.45, 2.75) is 52.1 Å². The molecule has 2 fully saturated rings. The highest BCUT2D eigenvalue weighted by atomic mass is 19.1. The molecule has 2 aromatic rings. The van der Waals surface area contributed by atoms with Crippen molar-refractivity contribution in [1.82, 2.24) is 4.90 Å². The zero-order valence-corrected chi connectivity index (χ0v) is 17.5. The minimum atomic E-state index is -0.400. The maximum absolute atomic E-state index is 13.5. The lowest BCUT2D eigenvalue weighted by Crippen LogP contribution is -2.39. The van der Waals surface area contributed by atoms with Crippen LogP contribution in [0.25, 0.3) is 0 Å². The second-order valence-electron chi connectivity index (χ2n) is 8.53. The lowest BCUT2D eigenvalue weighted by atomic mass is 10.1. The van der Waals surface area contributed by atoms with Crippen molar-refractivity contribution < 1.29 is 9.18 Å². The van der Waals surface area contributed by atoms with Crippen LogP contribution in [-0.4, -0.2) is 42.5 Å². The first-order valence-electron chi connectivity index (χ1n) is 10.6. The summed E-state index contributed by atoms with van der Waals surface area (Å²) in [7, 11) is 0. The number of halogens is 1. The van der Waals surface area contributed by atoms with Crippen LogP contribution in [0.3, 0.4) is 0 Å². The zero-order chi connectivity index (χ0) is 20.5. The van der Waals surface area contributed by atoms with E-state index in [-0.39, 0.29) is 5.91 Å². The summed E-state index contributed by atoms with van der Waals surface area (Å²) in [5.41, 5.74) is 4.25. The van der Waals surface area contributed by atoms with Gasteiger partial charge in [0.15, 0.2) is 0 Å². The Morgan fingerprint density at radius 1 is 1.07 bits per heavy atom. The molecule has 0 spiro atoms. The van der Waals surface area contributed by atoms with Crippen LogP contribution in [0, 0.1) is 19.7 Å². The first-order chi connectivity index (χ1) is 13.9. The Bertz CT molecular complexity index is 913. The second kappa shape index (κ2) is 8.15. The monoisotopic (exact) mass is 395 g/mol. The lowest BCUT2D eigenvalue weighted by Gasteiger charge is -2.29. The van der Waals surface area contributed by atoms with Gasteiger partial charge in [0.25, 0.3) is 5.91 Å². The van der Waals surface area contributed by atoms with Crippen molar-refractivity contribution in [2.24, 2.45) is 0 Å². The largest absolute Gasteiger partial charge is 0.370 e. The van der Waals surface area contributed by atoms with Gasteiger partial charge in [-0.2, -0.15) is 0 Å². The normalized spacial score (nSPS) is 22.3. The van der Waals surface area contributed by atoms with Gasteiger partial charge in [-0.25, -0.2) is 4.39 Å². The number of rotatable bonds is 4. The minimum absolute atomic E-state index is 0.279. The third-order valence-electron chi connectivity index (χ3n) is 6.48. The molecule has 4 nitrogen and oxygen atoms in total. The van der Waals surface area contributed by atoms with Crippen LogP contribution in [0.4, 0.5) is 15.8 Å². The number of carbonyl (C=O) groups excluding carboxylic acids is 1. The third kappa shape index (κ3) is 4.15. The van der Waals surface area contributed by atoms with Gasteiger partial charge < -0.3 is 10.2 Å². The molecule has 5 heteroatoms. The number of aryl methyl sites for hydroxylation is 2. The van der Waals surface area contributed by atoms with Gasteiger partial charge in [0.1, 0.15) is 5.82 Å². The van der Waals surface area contributed by atoms with Gasteiger partial charge in [0.2, 0.25) is 0 Å². The topological polar surface area (TPSA) is 35.6 Å². The van der Waals surface area contributed by atoms with Gasteiger partial charge >= 0.3 is 0 Å². The summed E-state index contributed by atoms with van der Waals surface area (Å²) in [6.45, 7) is 9.61. The van der Waals surface area contributed by atoms with Crippen molar-refractivity contribution in [1.29, 1.82) is 0 Å². The van der Waals surface area contributed by atoms with Crippen molar-refractivity contribution in [3.63, 3.8) is 0 Å². The van der Waals surface area contributed by atoms with E-state index in [1.807, 2.05) is 19.1 Å². The smallest absolute Gasteiger partial charge is 0.256 e. The molecule has 0 radical (unpaired) electrons. The SMILES string of the molecule is Cc1ccc(F)cc1C(=O)Nc1ccc(N2CCC(N3CCCC3C)C2)c(C)c1. The Hall–Kier alpha value is -2.40. The second-order valence-corrected chi connectivity index (χ2v) is 8.53. The van der Waals surface area contributed by atoms with E-state index in [0.717, 1.165) is 29.9 Å². The number of hydrogen-bond acceptors (Lipinski definition) is 3. The van der Waals surface area contributed by atoms with E-state index in [2.05, 4.69) is 35.0 Å². The molecule has 0 saturated carbocycles. The molecule has 2 aliphatic heterocycles. The van der Waals surface area contributed by atoms with Gasteiger partial charge in [-0.15, -0.1) is 0 Å². The van der Waals surface area contributed by atoms with Crippen LogP contribution in [0.1, 0.15) is 47.7 Å². The summed E-state index contributed by atoms with van der Waals surface area (Å²) in [6.07, 6.45) is 3.84. The number of nitrogens with one attached hydrogen (secondary N) is 1. The number of nitrogens with zero attached hydrogens (tertiary/aromatic N) is 2. The average Bonchev–Trinajstić information content (AvgIpc) is 3.32. The Balaban J connectivity index is 1.44. The molecule has 1 amide bonds. The Labute approximate surface area is 172 Å². The van der Waals surface area contributed by atoms with Gasteiger partial charge in [0, 0.05) is 42.1 Å². The Kier molecular flexibility index (Phi) is 5.59. The summed E-state index contributed by atoms with van der Waals surface area (Å²) < 4.78 is 13.5. The van der Waals surface area contributed by atoms with Crippen LogP contribution >= 0.6 is 0 Å². The summed E-state index contributed by atoms with van der Waals surface area (Å²) in [5, 5.41) is 2.91.